The van der Waals surface area contributed by atoms with E-state index < -0.39 is 0 Å². The molecule has 0 radical (unpaired) electrons. The van der Waals surface area contributed by atoms with E-state index in [4.69, 9.17) is 21.1 Å². The Hall–Kier alpha value is -2.67. The number of nitrogens with zero attached hydrogens (tertiary/aromatic N) is 2. The van der Waals surface area contributed by atoms with Gasteiger partial charge in [-0.05, 0) is 49.4 Å². The first-order valence-electron chi connectivity index (χ1n) is 9.82. The fourth-order valence-corrected chi connectivity index (χ4v) is 4.03. The minimum absolute atomic E-state index is 0.0182. The molecule has 0 amide bonds. The molecule has 6 nitrogen and oxygen atoms in total. The van der Waals surface area contributed by atoms with Gasteiger partial charge in [0.05, 0.1) is 32.4 Å². The number of ether oxygens (including phenoxy) is 2. The summed E-state index contributed by atoms with van der Waals surface area (Å²) in [5.41, 5.74) is 2.36. The van der Waals surface area contributed by atoms with Crippen molar-refractivity contribution in [3.8, 4) is 5.75 Å². The second-order valence-electron chi connectivity index (χ2n) is 7.30. The summed E-state index contributed by atoms with van der Waals surface area (Å²) in [6, 6.07) is 12.2. The van der Waals surface area contributed by atoms with Crippen molar-refractivity contribution < 1.29 is 19.1 Å². The van der Waals surface area contributed by atoms with Gasteiger partial charge in [0.1, 0.15) is 5.75 Å². The number of morpholine rings is 1. The van der Waals surface area contributed by atoms with E-state index >= 15 is 0 Å². The molecule has 1 saturated heterocycles. The second-order valence-corrected chi connectivity index (χ2v) is 7.74. The molecule has 0 unspecified atom stereocenters. The van der Waals surface area contributed by atoms with Gasteiger partial charge in [-0.15, -0.1) is 0 Å². The quantitative estimate of drug-likeness (QED) is 0.580. The average molecular weight is 427 g/mol. The summed E-state index contributed by atoms with van der Waals surface area (Å²) in [6.07, 6.45) is 0. The Balaban J connectivity index is 1.81. The van der Waals surface area contributed by atoms with Gasteiger partial charge in [-0.3, -0.25) is 19.1 Å². The summed E-state index contributed by atoms with van der Waals surface area (Å²) in [5.74, 6) is 0.416. The Morgan fingerprint density at radius 2 is 1.80 bits per heavy atom. The van der Waals surface area contributed by atoms with Crippen LogP contribution < -0.4 is 4.74 Å². The fraction of sp³-hybridized carbons (Fsp3) is 0.304. The van der Waals surface area contributed by atoms with E-state index in [0.29, 0.717) is 51.7 Å². The fourth-order valence-electron chi connectivity index (χ4n) is 3.90. The van der Waals surface area contributed by atoms with Gasteiger partial charge < -0.3 is 9.47 Å². The van der Waals surface area contributed by atoms with Gasteiger partial charge in [0, 0.05) is 40.3 Å². The average Bonchev–Trinajstić information content (AvgIpc) is 3.05. The topological polar surface area (TPSA) is 60.8 Å². The number of ketones is 1. The number of hydrogen-bond acceptors (Lipinski definition) is 5. The van der Waals surface area contributed by atoms with Crippen molar-refractivity contribution in [2.24, 2.45) is 0 Å². The number of hydrogen-bond donors (Lipinski definition) is 0. The highest BCUT2D eigenvalue weighted by Crippen LogP contribution is 2.31. The van der Waals surface area contributed by atoms with Crippen LogP contribution in [0.2, 0.25) is 5.02 Å². The lowest BCUT2D eigenvalue weighted by molar-refractivity contribution is 0.0371. The molecule has 0 atom stereocenters. The highest BCUT2D eigenvalue weighted by atomic mass is 35.5. The van der Waals surface area contributed by atoms with Gasteiger partial charge in [0.2, 0.25) is 0 Å². The molecule has 2 heterocycles. The summed E-state index contributed by atoms with van der Waals surface area (Å²) in [5, 5.41) is 1.28. The molecule has 1 aliphatic rings. The van der Waals surface area contributed by atoms with Crippen LogP contribution in [0.3, 0.4) is 0 Å². The molecule has 0 aliphatic carbocycles. The zero-order valence-electron chi connectivity index (χ0n) is 17.0. The number of methoxy groups -OCH3 is 1. The SMILES string of the molecule is COc1ccc2c(c1)c(C(=O)CN1CCOCC1)c(C)n2C(=O)c1ccc(Cl)cc1. The van der Waals surface area contributed by atoms with Gasteiger partial charge in [0.15, 0.2) is 5.78 Å². The van der Waals surface area contributed by atoms with Gasteiger partial charge >= 0.3 is 0 Å². The number of carbonyl (C=O) groups excluding carboxylic acids is 2. The number of halogens is 1. The Bertz CT molecular complexity index is 1100. The van der Waals surface area contributed by atoms with E-state index in [2.05, 4.69) is 4.90 Å². The molecule has 156 valence electrons. The molecule has 7 heteroatoms. The van der Waals surface area contributed by atoms with E-state index in [0.717, 1.165) is 13.1 Å². The number of Topliss-reactive ketones (excluding diaryl/α,β-unsaturated/α-hetero) is 1. The van der Waals surface area contributed by atoms with Crippen molar-refractivity contribution in [2.75, 3.05) is 40.0 Å². The maximum absolute atomic E-state index is 13.3. The monoisotopic (exact) mass is 426 g/mol. The summed E-state index contributed by atoms with van der Waals surface area (Å²) in [6.45, 7) is 4.78. The summed E-state index contributed by atoms with van der Waals surface area (Å²) < 4.78 is 12.3. The first kappa shape index (κ1) is 20.6. The Morgan fingerprint density at radius 1 is 1.10 bits per heavy atom. The van der Waals surface area contributed by atoms with Gasteiger partial charge in [0.25, 0.3) is 5.91 Å². The number of aromatic nitrogens is 1. The molecule has 4 rings (SSSR count). The number of fused-ring (bicyclic) bond motifs is 1. The van der Waals surface area contributed by atoms with Crippen molar-refractivity contribution in [1.82, 2.24) is 9.47 Å². The maximum atomic E-state index is 13.3. The van der Waals surface area contributed by atoms with Crippen molar-refractivity contribution >= 4 is 34.2 Å². The number of benzene rings is 2. The van der Waals surface area contributed by atoms with Crippen LogP contribution in [-0.4, -0.2) is 61.1 Å². The number of rotatable bonds is 5. The lowest BCUT2D eigenvalue weighted by atomic mass is 10.1. The van der Waals surface area contributed by atoms with Crippen LogP contribution in [0.1, 0.15) is 26.4 Å². The Labute approximate surface area is 179 Å². The molecule has 1 aliphatic heterocycles. The molecule has 0 saturated carbocycles. The molecule has 3 aromatic rings. The van der Waals surface area contributed by atoms with E-state index in [9.17, 15) is 9.59 Å². The molecule has 0 bridgehead atoms. The van der Waals surface area contributed by atoms with Gasteiger partial charge in [-0.25, -0.2) is 0 Å². The predicted octanol–water partition coefficient (Wildman–Crippen LogP) is 3.82. The highest BCUT2D eigenvalue weighted by Gasteiger charge is 2.26. The molecule has 1 aromatic heterocycles. The smallest absolute Gasteiger partial charge is 0.262 e. The molecular weight excluding hydrogens is 404 g/mol. The standard InChI is InChI=1S/C23H23ClN2O4/c1-15-22(21(27)14-25-9-11-30-12-10-25)19-13-18(29-2)7-8-20(19)26(15)23(28)16-3-5-17(24)6-4-16/h3-8,13H,9-12,14H2,1-2H3. The third-order valence-electron chi connectivity index (χ3n) is 5.46. The minimum atomic E-state index is -0.204. The molecule has 1 fully saturated rings. The van der Waals surface area contributed by atoms with Crippen LogP contribution in [0.5, 0.6) is 5.75 Å². The third kappa shape index (κ3) is 3.86. The van der Waals surface area contributed by atoms with Crippen LogP contribution in [0.4, 0.5) is 0 Å². The van der Waals surface area contributed by atoms with Crippen LogP contribution in [0.25, 0.3) is 10.9 Å². The zero-order chi connectivity index (χ0) is 21.3. The van der Waals surface area contributed by atoms with Crippen LogP contribution in [0, 0.1) is 6.92 Å². The highest BCUT2D eigenvalue weighted by molar-refractivity contribution is 6.30. The lowest BCUT2D eigenvalue weighted by Gasteiger charge is -2.25. The first-order chi connectivity index (χ1) is 14.5. The van der Waals surface area contributed by atoms with E-state index in [1.165, 1.54) is 0 Å². The molecule has 2 aromatic carbocycles. The molecule has 0 N–H and O–H groups in total. The lowest BCUT2D eigenvalue weighted by Crippen LogP contribution is -2.39. The second kappa shape index (κ2) is 8.60. The first-order valence-corrected chi connectivity index (χ1v) is 10.2. The van der Waals surface area contributed by atoms with Crippen molar-refractivity contribution in [1.29, 1.82) is 0 Å². The van der Waals surface area contributed by atoms with Gasteiger partial charge in [-0.2, -0.15) is 0 Å². The zero-order valence-corrected chi connectivity index (χ0v) is 17.7. The van der Waals surface area contributed by atoms with Crippen LogP contribution in [0.15, 0.2) is 42.5 Å². The third-order valence-corrected chi connectivity index (χ3v) is 5.71. The minimum Gasteiger partial charge on any atom is -0.497 e. The molecular formula is C23H23ClN2O4. The van der Waals surface area contributed by atoms with Crippen molar-refractivity contribution in [3.05, 3.63) is 64.3 Å². The summed E-state index contributed by atoms with van der Waals surface area (Å²) in [4.78, 5) is 28.7. The van der Waals surface area contributed by atoms with E-state index in [-0.39, 0.29) is 18.2 Å². The summed E-state index contributed by atoms with van der Waals surface area (Å²) in [7, 11) is 1.58. The normalized spacial score (nSPS) is 14.8. The van der Waals surface area contributed by atoms with E-state index in [1.807, 2.05) is 19.1 Å². The van der Waals surface area contributed by atoms with Crippen molar-refractivity contribution in [3.63, 3.8) is 0 Å². The molecule has 30 heavy (non-hydrogen) atoms. The number of carbonyl (C=O) groups is 2. The molecule has 0 spiro atoms. The predicted molar refractivity (Wildman–Crippen MR) is 116 cm³/mol. The Morgan fingerprint density at radius 3 is 2.47 bits per heavy atom. The summed E-state index contributed by atoms with van der Waals surface area (Å²) >= 11 is 5.97. The van der Waals surface area contributed by atoms with Crippen molar-refractivity contribution in [2.45, 2.75) is 6.92 Å². The Kier molecular flexibility index (Phi) is 5.90. The van der Waals surface area contributed by atoms with Gasteiger partial charge in [-0.1, -0.05) is 11.6 Å². The maximum Gasteiger partial charge on any atom is 0.262 e. The largest absolute Gasteiger partial charge is 0.497 e. The van der Waals surface area contributed by atoms with Crippen LogP contribution >= 0.6 is 11.6 Å². The van der Waals surface area contributed by atoms with E-state index in [1.54, 1.807) is 42.0 Å². The van der Waals surface area contributed by atoms with Crippen LogP contribution in [-0.2, 0) is 4.74 Å².